The number of hydrogen-bond donors (Lipinski definition) is 1. The van der Waals surface area contributed by atoms with E-state index >= 15 is 0 Å². The van der Waals surface area contributed by atoms with E-state index in [4.69, 9.17) is 4.42 Å². The molecule has 0 saturated carbocycles. The SMILES string of the molecule is C/C(=N/NC(=O)c1ccc(F)cc1)c1ccco1. The van der Waals surface area contributed by atoms with Crippen LogP contribution < -0.4 is 5.43 Å². The van der Waals surface area contributed by atoms with Crippen LogP contribution in [0.15, 0.2) is 52.2 Å². The fourth-order valence-corrected chi connectivity index (χ4v) is 1.34. The second-order valence-electron chi connectivity index (χ2n) is 3.62. The molecule has 0 aliphatic rings. The normalized spacial score (nSPS) is 11.3. The smallest absolute Gasteiger partial charge is 0.271 e. The molecule has 1 N–H and O–H groups in total. The average molecular weight is 246 g/mol. The number of nitrogens with one attached hydrogen (secondary N) is 1. The van der Waals surface area contributed by atoms with Crippen LogP contribution in [0.25, 0.3) is 0 Å². The van der Waals surface area contributed by atoms with E-state index < -0.39 is 5.91 Å². The summed E-state index contributed by atoms with van der Waals surface area (Å²) in [4.78, 5) is 11.7. The first-order valence-electron chi connectivity index (χ1n) is 5.31. The van der Waals surface area contributed by atoms with Crippen LogP contribution in [0.4, 0.5) is 4.39 Å². The van der Waals surface area contributed by atoms with Gasteiger partial charge in [-0.25, -0.2) is 9.82 Å². The number of nitrogens with zero attached hydrogens (tertiary/aromatic N) is 1. The summed E-state index contributed by atoms with van der Waals surface area (Å²) in [7, 11) is 0. The summed E-state index contributed by atoms with van der Waals surface area (Å²) in [5, 5.41) is 3.89. The van der Waals surface area contributed by atoms with Gasteiger partial charge < -0.3 is 4.42 Å². The Morgan fingerprint density at radius 3 is 2.61 bits per heavy atom. The van der Waals surface area contributed by atoms with Gasteiger partial charge in [0, 0.05) is 5.56 Å². The van der Waals surface area contributed by atoms with E-state index in [9.17, 15) is 9.18 Å². The maximum absolute atomic E-state index is 12.7. The number of furan rings is 1. The van der Waals surface area contributed by atoms with E-state index in [1.165, 1.54) is 30.5 Å². The van der Waals surface area contributed by atoms with Crippen LogP contribution in [0.3, 0.4) is 0 Å². The highest BCUT2D eigenvalue weighted by atomic mass is 19.1. The summed E-state index contributed by atoms with van der Waals surface area (Å²) in [5.41, 5.74) is 3.26. The molecule has 0 aliphatic carbocycles. The van der Waals surface area contributed by atoms with Gasteiger partial charge in [0.1, 0.15) is 17.3 Å². The molecule has 5 heteroatoms. The summed E-state index contributed by atoms with van der Waals surface area (Å²) >= 11 is 0. The summed E-state index contributed by atoms with van der Waals surface area (Å²) in [6.45, 7) is 1.71. The highest BCUT2D eigenvalue weighted by molar-refractivity contribution is 5.99. The van der Waals surface area contributed by atoms with Crippen molar-refractivity contribution < 1.29 is 13.6 Å². The summed E-state index contributed by atoms with van der Waals surface area (Å²) in [5.74, 6) is -0.211. The first-order chi connectivity index (χ1) is 8.66. The second-order valence-corrected chi connectivity index (χ2v) is 3.62. The minimum atomic E-state index is -0.402. The molecule has 0 unspecified atom stereocenters. The molecule has 0 bridgehead atoms. The summed E-state index contributed by atoms with van der Waals surface area (Å²) < 4.78 is 17.8. The molecule has 92 valence electrons. The number of hydrogen-bond acceptors (Lipinski definition) is 3. The molecule has 2 rings (SSSR count). The summed E-state index contributed by atoms with van der Waals surface area (Å²) in [6, 6.07) is 8.69. The lowest BCUT2D eigenvalue weighted by Crippen LogP contribution is -2.19. The van der Waals surface area contributed by atoms with Crippen LogP contribution in [-0.4, -0.2) is 11.6 Å². The van der Waals surface area contributed by atoms with Crippen LogP contribution in [-0.2, 0) is 0 Å². The number of carbonyl (C=O) groups is 1. The Kier molecular flexibility index (Phi) is 3.52. The Hall–Kier alpha value is -2.43. The molecular formula is C13H11FN2O2. The Morgan fingerprint density at radius 1 is 1.28 bits per heavy atom. The Labute approximate surface area is 103 Å². The second kappa shape index (κ2) is 5.27. The highest BCUT2D eigenvalue weighted by Crippen LogP contribution is 2.04. The van der Waals surface area contributed by atoms with Crippen LogP contribution in [0.2, 0.25) is 0 Å². The zero-order valence-electron chi connectivity index (χ0n) is 9.68. The Balaban J connectivity index is 2.04. The zero-order chi connectivity index (χ0) is 13.0. The standard InChI is InChI=1S/C13H11FN2O2/c1-9(12-3-2-8-18-12)15-16-13(17)10-4-6-11(14)7-5-10/h2-8H,1H3,(H,16,17)/b15-9-. The van der Waals surface area contributed by atoms with Gasteiger partial charge in [-0.05, 0) is 43.3 Å². The Bertz CT molecular complexity index is 559. The third-order valence-corrected chi connectivity index (χ3v) is 2.31. The van der Waals surface area contributed by atoms with Gasteiger partial charge in [0.15, 0.2) is 0 Å². The predicted octanol–water partition coefficient (Wildman–Crippen LogP) is 2.57. The fraction of sp³-hybridized carbons (Fsp3) is 0.0769. The van der Waals surface area contributed by atoms with Crippen LogP contribution in [0.1, 0.15) is 23.0 Å². The van der Waals surface area contributed by atoms with Gasteiger partial charge in [0.25, 0.3) is 5.91 Å². The largest absolute Gasteiger partial charge is 0.463 e. The van der Waals surface area contributed by atoms with Gasteiger partial charge in [-0.2, -0.15) is 5.10 Å². The van der Waals surface area contributed by atoms with Crippen molar-refractivity contribution in [2.75, 3.05) is 0 Å². The molecule has 4 nitrogen and oxygen atoms in total. The fourth-order valence-electron chi connectivity index (χ4n) is 1.34. The van der Waals surface area contributed by atoms with Gasteiger partial charge >= 0.3 is 0 Å². The maximum atomic E-state index is 12.7. The van der Waals surface area contributed by atoms with Crippen molar-refractivity contribution in [1.82, 2.24) is 5.43 Å². The molecule has 1 amide bonds. The molecule has 0 atom stereocenters. The number of amides is 1. The first kappa shape index (κ1) is 12.0. The molecule has 0 fully saturated rings. The number of rotatable bonds is 3. The van der Waals surface area contributed by atoms with Crippen molar-refractivity contribution in [3.05, 3.63) is 59.8 Å². The molecule has 0 radical (unpaired) electrons. The van der Waals surface area contributed by atoms with Gasteiger partial charge in [0.2, 0.25) is 0 Å². The van der Waals surface area contributed by atoms with Crippen LogP contribution >= 0.6 is 0 Å². The number of benzene rings is 1. The van der Waals surface area contributed by atoms with Crippen molar-refractivity contribution in [3.63, 3.8) is 0 Å². The van der Waals surface area contributed by atoms with E-state index in [0.29, 0.717) is 17.0 Å². The third-order valence-electron chi connectivity index (χ3n) is 2.31. The van der Waals surface area contributed by atoms with E-state index in [2.05, 4.69) is 10.5 Å². The lowest BCUT2D eigenvalue weighted by atomic mass is 10.2. The lowest BCUT2D eigenvalue weighted by molar-refractivity contribution is 0.0955. The van der Waals surface area contributed by atoms with E-state index in [1.54, 1.807) is 19.1 Å². The van der Waals surface area contributed by atoms with Gasteiger partial charge in [-0.3, -0.25) is 4.79 Å². The molecule has 2 aromatic rings. The zero-order valence-corrected chi connectivity index (χ0v) is 9.68. The molecule has 0 spiro atoms. The van der Waals surface area contributed by atoms with Crippen LogP contribution in [0, 0.1) is 5.82 Å². The van der Waals surface area contributed by atoms with Gasteiger partial charge in [-0.1, -0.05) is 0 Å². The molecule has 1 aromatic heterocycles. The van der Waals surface area contributed by atoms with Crippen molar-refractivity contribution in [2.45, 2.75) is 6.92 Å². The van der Waals surface area contributed by atoms with Crippen molar-refractivity contribution in [2.24, 2.45) is 5.10 Å². The summed E-state index contributed by atoms with van der Waals surface area (Å²) in [6.07, 6.45) is 1.52. The molecular weight excluding hydrogens is 235 g/mol. The quantitative estimate of drug-likeness (QED) is 0.668. The van der Waals surface area contributed by atoms with Gasteiger partial charge in [-0.15, -0.1) is 0 Å². The van der Waals surface area contributed by atoms with Gasteiger partial charge in [0.05, 0.1) is 6.26 Å². The topological polar surface area (TPSA) is 54.6 Å². The van der Waals surface area contributed by atoms with Crippen LogP contribution in [0.5, 0.6) is 0 Å². The number of hydrazone groups is 1. The minimum absolute atomic E-state index is 0.340. The molecule has 1 heterocycles. The third kappa shape index (κ3) is 2.82. The van der Waals surface area contributed by atoms with Crippen molar-refractivity contribution >= 4 is 11.6 Å². The van der Waals surface area contributed by atoms with E-state index in [1.807, 2.05) is 0 Å². The number of carbonyl (C=O) groups excluding carboxylic acids is 1. The van der Waals surface area contributed by atoms with Crippen molar-refractivity contribution in [3.8, 4) is 0 Å². The van der Waals surface area contributed by atoms with E-state index in [0.717, 1.165) is 0 Å². The first-order valence-corrected chi connectivity index (χ1v) is 5.31. The minimum Gasteiger partial charge on any atom is -0.463 e. The lowest BCUT2D eigenvalue weighted by Gasteiger charge is -2.01. The average Bonchev–Trinajstić information content (AvgIpc) is 2.90. The molecule has 1 aromatic carbocycles. The van der Waals surface area contributed by atoms with E-state index in [-0.39, 0.29) is 5.82 Å². The maximum Gasteiger partial charge on any atom is 0.271 e. The molecule has 18 heavy (non-hydrogen) atoms. The Morgan fingerprint density at radius 2 is 2.00 bits per heavy atom. The number of halogens is 1. The predicted molar refractivity (Wildman–Crippen MR) is 64.8 cm³/mol. The van der Waals surface area contributed by atoms with Crippen molar-refractivity contribution in [1.29, 1.82) is 0 Å². The monoisotopic (exact) mass is 246 g/mol. The molecule has 0 saturated heterocycles. The highest BCUT2D eigenvalue weighted by Gasteiger charge is 2.05. The molecule has 0 aliphatic heterocycles.